The molecule has 12 heteroatoms. The lowest BCUT2D eigenvalue weighted by Gasteiger charge is -2.26. The highest BCUT2D eigenvalue weighted by molar-refractivity contribution is 9.10. The van der Waals surface area contributed by atoms with Gasteiger partial charge in [0.25, 0.3) is 5.91 Å². The number of imidazole rings is 1. The van der Waals surface area contributed by atoms with Gasteiger partial charge >= 0.3 is 5.97 Å². The third kappa shape index (κ3) is 5.04. The summed E-state index contributed by atoms with van der Waals surface area (Å²) in [5, 5.41) is 0.534. The van der Waals surface area contributed by atoms with Crippen molar-refractivity contribution in [2.45, 2.75) is 36.8 Å². The molecule has 2 heterocycles. The van der Waals surface area contributed by atoms with Gasteiger partial charge in [-0.15, -0.1) is 0 Å². The molecule has 0 radical (unpaired) electrons. The third-order valence-corrected chi connectivity index (χ3v) is 8.69. The number of aromatic nitrogens is 2. The number of amides is 1. The number of halogens is 3. The number of carbonyl (C=O) groups is 2. The number of esters is 1. The van der Waals surface area contributed by atoms with E-state index in [1.165, 1.54) is 28.8 Å². The minimum Gasteiger partial charge on any atom is -0.469 e. The van der Waals surface area contributed by atoms with E-state index in [0.717, 1.165) is 10.0 Å². The first-order chi connectivity index (χ1) is 17.0. The fraction of sp³-hybridized carbons (Fsp3) is 0.292. The van der Waals surface area contributed by atoms with E-state index in [1.54, 1.807) is 19.1 Å². The van der Waals surface area contributed by atoms with Crippen molar-refractivity contribution >= 4 is 72.5 Å². The first-order valence-corrected chi connectivity index (χ1v) is 14.1. The predicted octanol–water partition coefficient (Wildman–Crippen LogP) is 5.32. The Hall–Kier alpha value is -2.40. The molecule has 2 aromatic carbocycles. The number of sulfone groups is 1. The molecule has 0 fully saturated rings. The first kappa shape index (κ1) is 26.7. The standard InChI is InChI=1S/C24H22BrCl2N3O5S/c1-24(13-15-5-7-16(25)8-6-15)22(32)29(19-11-17(26)10-18(27)12-19)23-28-14-20(30(23)24)36(33,34)9-3-4-21(31)35-2/h5-8,10-12,14H,3-4,9,13H2,1-2H3. The van der Waals surface area contributed by atoms with Gasteiger partial charge in [0.15, 0.2) is 14.9 Å². The quantitative estimate of drug-likeness (QED) is 0.319. The van der Waals surface area contributed by atoms with Gasteiger partial charge < -0.3 is 4.74 Å². The van der Waals surface area contributed by atoms with Crippen LogP contribution >= 0.6 is 39.1 Å². The van der Waals surface area contributed by atoms with Gasteiger partial charge in [-0.25, -0.2) is 18.3 Å². The Bertz CT molecular complexity index is 1420. The van der Waals surface area contributed by atoms with Gasteiger partial charge in [-0.3, -0.25) is 14.2 Å². The van der Waals surface area contributed by atoms with Crippen LogP contribution in [0.2, 0.25) is 10.0 Å². The summed E-state index contributed by atoms with van der Waals surface area (Å²) in [5.41, 5.74) is -0.119. The Morgan fingerprint density at radius 2 is 1.78 bits per heavy atom. The average molecular weight is 615 g/mol. The Morgan fingerprint density at radius 1 is 1.14 bits per heavy atom. The molecule has 3 aromatic rings. The van der Waals surface area contributed by atoms with Gasteiger partial charge in [0.2, 0.25) is 5.95 Å². The first-order valence-electron chi connectivity index (χ1n) is 10.9. The second-order valence-corrected chi connectivity index (χ2v) is 12.4. The summed E-state index contributed by atoms with van der Waals surface area (Å²) in [6.45, 7) is 1.68. The molecule has 1 aliphatic heterocycles. The molecule has 0 spiro atoms. The highest BCUT2D eigenvalue weighted by Gasteiger charge is 2.51. The van der Waals surface area contributed by atoms with E-state index in [9.17, 15) is 18.0 Å². The van der Waals surface area contributed by atoms with E-state index < -0.39 is 21.3 Å². The van der Waals surface area contributed by atoms with Crippen molar-refractivity contribution in [2.75, 3.05) is 17.8 Å². The number of carbonyl (C=O) groups excluding carboxylic acids is 2. The van der Waals surface area contributed by atoms with Crippen LogP contribution in [0.25, 0.3) is 0 Å². The molecule has 1 unspecified atom stereocenters. The lowest BCUT2D eigenvalue weighted by Crippen LogP contribution is -2.42. The van der Waals surface area contributed by atoms with Crippen molar-refractivity contribution in [3.8, 4) is 0 Å². The van der Waals surface area contributed by atoms with Crippen LogP contribution in [0.15, 0.2) is 58.2 Å². The van der Waals surface area contributed by atoms with E-state index >= 15 is 0 Å². The van der Waals surface area contributed by atoms with Crippen LogP contribution in [0, 0.1) is 0 Å². The van der Waals surface area contributed by atoms with E-state index in [-0.39, 0.29) is 41.9 Å². The largest absolute Gasteiger partial charge is 0.469 e. The van der Waals surface area contributed by atoms with Crippen molar-refractivity contribution in [1.82, 2.24) is 9.55 Å². The molecule has 36 heavy (non-hydrogen) atoms. The van der Waals surface area contributed by atoms with Gasteiger partial charge in [-0.1, -0.05) is 51.3 Å². The molecule has 8 nitrogen and oxygen atoms in total. The van der Waals surface area contributed by atoms with Crippen molar-refractivity contribution in [2.24, 2.45) is 0 Å². The number of benzene rings is 2. The van der Waals surface area contributed by atoms with Crippen LogP contribution in [0.3, 0.4) is 0 Å². The summed E-state index contributed by atoms with van der Waals surface area (Å²) in [6.07, 6.45) is 1.48. The molecule has 0 saturated heterocycles. The van der Waals surface area contributed by atoms with Crippen LogP contribution in [0.1, 0.15) is 25.3 Å². The number of methoxy groups -OCH3 is 1. The average Bonchev–Trinajstić information content (AvgIpc) is 3.33. The van der Waals surface area contributed by atoms with Gasteiger partial charge in [-0.2, -0.15) is 0 Å². The predicted molar refractivity (Wildman–Crippen MR) is 141 cm³/mol. The van der Waals surface area contributed by atoms with Crippen LogP contribution < -0.4 is 4.90 Å². The summed E-state index contributed by atoms with van der Waals surface area (Å²) < 4.78 is 33.7. The molecule has 0 aliphatic carbocycles. The number of ether oxygens (including phenoxy) is 1. The number of fused-ring (bicyclic) bond motifs is 1. The molecule has 1 amide bonds. The number of hydrogen-bond acceptors (Lipinski definition) is 6. The van der Waals surface area contributed by atoms with Crippen molar-refractivity contribution < 1.29 is 22.7 Å². The monoisotopic (exact) mass is 613 g/mol. The lowest BCUT2D eigenvalue weighted by molar-refractivity contribution is -0.140. The minimum atomic E-state index is -3.91. The second-order valence-electron chi connectivity index (χ2n) is 8.58. The van der Waals surface area contributed by atoms with E-state index in [0.29, 0.717) is 15.7 Å². The van der Waals surface area contributed by atoms with Gasteiger partial charge in [-0.05, 0) is 49.2 Å². The zero-order valence-corrected chi connectivity index (χ0v) is 23.3. The van der Waals surface area contributed by atoms with Crippen LogP contribution in [-0.4, -0.2) is 42.7 Å². The highest BCUT2D eigenvalue weighted by Crippen LogP contribution is 2.44. The Labute approximate surface area is 227 Å². The van der Waals surface area contributed by atoms with Crippen molar-refractivity contribution in [3.05, 3.63) is 68.7 Å². The maximum Gasteiger partial charge on any atom is 0.305 e. The fourth-order valence-electron chi connectivity index (χ4n) is 4.26. The Morgan fingerprint density at radius 3 is 2.39 bits per heavy atom. The number of nitrogens with zero attached hydrogens (tertiary/aromatic N) is 3. The lowest BCUT2D eigenvalue weighted by atomic mass is 9.92. The second kappa shape index (κ2) is 10.2. The maximum absolute atomic E-state index is 14.0. The van der Waals surface area contributed by atoms with Crippen molar-refractivity contribution in [1.29, 1.82) is 0 Å². The summed E-state index contributed by atoms with van der Waals surface area (Å²) >= 11 is 15.8. The van der Waals surface area contributed by atoms with E-state index in [1.807, 2.05) is 24.3 Å². The highest BCUT2D eigenvalue weighted by atomic mass is 79.9. The summed E-state index contributed by atoms with van der Waals surface area (Å²) in [5.74, 6) is -1.04. The molecular weight excluding hydrogens is 593 g/mol. The zero-order valence-electron chi connectivity index (χ0n) is 19.4. The van der Waals surface area contributed by atoms with E-state index in [4.69, 9.17) is 23.2 Å². The Kier molecular flexibility index (Phi) is 7.52. The topological polar surface area (TPSA) is 98.6 Å². The third-order valence-electron chi connectivity index (χ3n) is 5.98. The maximum atomic E-state index is 14.0. The molecule has 4 rings (SSSR count). The molecule has 190 valence electrons. The summed E-state index contributed by atoms with van der Waals surface area (Å²) in [6, 6.07) is 12.1. The zero-order chi connectivity index (χ0) is 26.3. The molecule has 1 atom stereocenters. The van der Waals surface area contributed by atoms with Crippen LogP contribution in [0.5, 0.6) is 0 Å². The summed E-state index contributed by atoms with van der Waals surface area (Å²) in [4.78, 5) is 31.1. The molecule has 1 aliphatic rings. The smallest absolute Gasteiger partial charge is 0.305 e. The number of hydrogen-bond donors (Lipinski definition) is 0. The molecule has 1 aromatic heterocycles. The van der Waals surface area contributed by atoms with E-state index in [2.05, 4.69) is 25.7 Å². The summed E-state index contributed by atoms with van der Waals surface area (Å²) in [7, 11) is -2.66. The van der Waals surface area contributed by atoms with Gasteiger partial charge in [0, 0.05) is 27.4 Å². The molecule has 0 bridgehead atoms. The van der Waals surface area contributed by atoms with Gasteiger partial charge in [0.1, 0.15) is 5.54 Å². The SMILES string of the molecule is COC(=O)CCCS(=O)(=O)c1cnc2n1C(C)(Cc1ccc(Br)cc1)C(=O)N2c1cc(Cl)cc(Cl)c1. The van der Waals surface area contributed by atoms with Crippen LogP contribution in [-0.2, 0) is 36.1 Å². The normalized spacial score (nSPS) is 17.4. The molecular formula is C24H22BrCl2N3O5S. The van der Waals surface area contributed by atoms with Crippen molar-refractivity contribution in [3.63, 3.8) is 0 Å². The van der Waals surface area contributed by atoms with Crippen LogP contribution in [0.4, 0.5) is 11.6 Å². The minimum absolute atomic E-state index is 0.0427. The molecule has 0 saturated carbocycles. The Balaban J connectivity index is 1.83. The van der Waals surface area contributed by atoms with Gasteiger partial charge in [0.05, 0.1) is 24.7 Å². The fourth-order valence-corrected chi connectivity index (χ4v) is 6.55. The number of rotatable bonds is 8. The molecule has 0 N–H and O–H groups in total. The number of anilines is 2.